The van der Waals surface area contributed by atoms with Gasteiger partial charge < -0.3 is 5.11 Å². The predicted octanol–water partition coefficient (Wildman–Crippen LogP) is 3.64. The van der Waals surface area contributed by atoms with Gasteiger partial charge in [0.25, 0.3) is 0 Å². The summed E-state index contributed by atoms with van der Waals surface area (Å²) in [7, 11) is 0. The van der Waals surface area contributed by atoms with Crippen molar-refractivity contribution in [2.45, 2.75) is 45.8 Å². The Labute approximate surface area is 159 Å². The molecule has 1 aliphatic rings. The van der Waals surface area contributed by atoms with Gasteiger partial charge in [-0.25, -0.2) is 14.8 Å². The summed E-state index contributed by atoms with van der Waals surface area (Å²) in [5.41, 5.74) is 3.91. The van der Waals surface area contributed by atoms with E-state index in [4.69, 9.17) is 9.90 Å². The molecule has 5 nitrogen and oxygen atoms in total. The Balaban J connectivity index is 0.000000321. The molecular weight excluding hydrogens is 379 g/mol. The van der Waals surface area contributed by atoms with E-state index in [0.29, 0.717) is 0 Å². The van der Waals surface area contributed by atoms with Crippen LogP contribution in [0.4, 0.5) is 13.2 Å². The van der Waals surface area contributed by atoms with Gasteiger partial charge in [-0.05, 0) is 37.5 Å². The zero-order valence-electron chi connectivity index (χ0n) is 15.2. The minimum absolute atomic E-state index is 1.01. The molecule has 0 saturated heterocycles. The van der Waals surface area contributed by atoms with Crippen LogP contribution in [-0.4, -0.2) is 45.2 Å². The summed E-state index contributed by atoms with van der Waals surface area (Å²) in [6.45, 7) is 7.64. The first-order valence-electron chi connectivity index (χ1n) is 8.60. The Bertz CT molecular complexity index is 777. The number of alkyl halides is 3. The smallest absolute Gasteiger partial charge is 0.475 e. The third-order valence-electron chi connectivity index (χ3n) is 4.22. The molecule has 0 atom stereocenters. The highest BCUT2D eigenvalue weighted by molar-refractivity contribution is 7.11. The molecule has 3 rings (SSSR count). The highest BCUT2D eigenvalue weighted by Crippen LogP contribution is 2.21. The molecule has 0 fully saturated rings. The number of carboxylic acids is 1. The predicted molar refractivity (Wildman–Crippen MR) is 96.8 cm³/mol. The summed E-state index contributed by atoms with van der Waals surface area (Å²) in [5, 5.41) is 7.12. The number of aliphatic carboxylic acids is 1. The summed E-state index contributed by atoms with van der Waals surface area (Å²) < 4.78 is 31.7. The monoisotopic (exact) mass is 401 g/mol. The zero-order valence-corrected chi connectivity index (χ0v) is 16.0. The van der Waals surface area contributed by atoms with Crippen LogP contribution in [0.5, 0.6) is 0 Å². The van der Waals surface area contributed by atoms with Gasteiger partial charge in [0, 0.05) is 47.2 Å². The van der Waals surface area contributed by atoms with Crippen molar-refractivity contribution in [1.82, 2.24) is 14.9 Å². The first-order chi connectivity index (χ1) is 12.7. The Morgan fingerprint density at radius 1 is 1.26 bits per heavy atom. The van der Waals surface area contributed by atoms with E-state index in [1.54, 1.807) is 6.33 Å². The van der Waals surface area contributed by atoms with Crippen molar-refractivity contribution < 1.29 is 23.1 Å². The van der Waals surface area contributed by atoms with Gasteiger partial charge in [0.2, 0.25) is 0 Å². The van der Waals surface area contributed by atoms with Gasteiger partial charge >= 0.3 is 12.1 Å². The van der Waals surface area contributed by atoms with E-state index in [-0.39, 0.29) is 0 Å². The molecule has 148 valence electrons. The van der Waals surface area contributed by atoms with Gasteiger partial charge in [-0.15, -0.1) is 11.3 Å². The number of carboxylic acid groups (broad SMARTS) is 1. The zero-order chi connectivity index (χ0) is 20.0. The first-order valence-corrected chi connectivity index (χ1v) is 9.41. The molecule has 1 aliphatic heterocycles. The van der Waals surface area contributed by atoms with Crippen molar-refractivity contribution in [1.29, 1.82) is 0 Å². The number of hydrogen-bond donors (Lipinski definition) is 1. The number of aryl methyl sites for hydroxylation is 2. The van der Waals surface area contributed by atoms with Crippen molar-refractivity contribution in [3.8, 4) is 0 Å². The number of rotatable bonds is 3. The lowest BCUT2D eigenvalue weighted by molar-refractivity contribution is -0.192. The van der Waals surface area contributed by atoms with Crippen LogP contribution in [0.2, 0.25) is 0 Å². The van der Waals surface area contributed by atoms with Crippen LogP contribution in [0, 0.1) is 6.92 Å². The van der Waals surface area contributed by atoms with E-state index in [2.05, 4.69) is 40.8 Å². The SMILES string of the molecule is CCc1ncnc2c1CCN(Cc1ccc(C)s1)CC2.O=C(O)C(F)(F)F. The molecule has 2 aromatic heterocycles. The van der Waals surface area contributed by atoms with Crippen molar-refractivity contribution >= 4 is 17.3 Å². The molecule has 0 saturated carbocycles. The maximum Gasteiger partial charge on any atom is 0.490 e. The van der Waals surface area contributed by atoms with Crippen LogP contribution in [0.3, 0.4) is 0 Å². The molecule has 0 radical (unpaired) electrons. The van der Waals surface area contributed by atoms with Crippen molar-refractivity contribution in [3.05, 3.63) is 45.2 Å². The maximum absolute atomic E-state index is 10.6. The number of thiophene rings is 1. The average Bonchev–Trinajstić information content (AvgIpc) is 2.90. The molecule has 0 spiro atoms. The van der Waals surface area contributed by atoms with Crippen LogP contribution in [0.25, 0.3) is 0 Å². The fourth-order valence-corrected chi connectivity index (χ4v) is 3.83. The van der Waals surface area contributed by atoms with Gasteiger partial charge in [0.1, 0.15) is 6.33 Å². The average molecular weight is 401 g/mol. The highest BCUT2D eigenvalue weighted by atomic mass is 32.1. The molecule has 0 bridgehead atoms. The van der Waals surface area contributed by atoms with Crippen molar-refractivity contribution in [2.24, 2.45) is 0 Å². The molecular formula is C18H22F3N3O2S. The second-order valence-corrected chi connectivity index (χ2v) is 7.56. The molecule has 0 aromatic carbocycles. The molecule has 0 amide bonds. The lowest BCUT2D eigenvalue weighted by atomic mass is 10.1. The third kappa shape index (κ3) is 6.28. The fraction of sp³-hybridized carbons (Fsp3) is 0.500. The standard InChI is InChI=1S/C16H21N3S.C2HF3O2/c1-3-15-14-6-8-19(9-7-16(14)18-11-17-15)10-13-5-4-12(2)20-13;3-2(4,5)1(6)7/h4-5,11H,3,6-10H2,1-2H3;(H,6,7). The van der Waals surface area contributed by atoms with E-state index >= 15 is 0 Å². The van der Waals surface area contributed by atoms with Crippen LogP contribution in [-0.2, 0) is 30.6 Å². The van der Waals surface area contributed by atoms with Crippen molar-refractivity contribution in [3.63, 3.8) is 0 Å². The van der Waals surface area contributed by atoms with Crippen LogP contribution in [0.15, 0.2) is 18.5 Å². The third-order valence-corrected chi connectivity index (χ3v) is 5.20. The largest absolute Gasteiger partial charge is 0.490 e. The molecule has 0 unspecified atom stereocenters. The summed E-state index contributed by atoms with van der Waals surface area (Å²) in [6, 6.07) is 4.47. The molecule has 9 heteroatoms. The molecule has 1 N–H and O–H groups in total. The number of fused-ring (bicyclic) bond motifs is 1. The van der Waals surface area contributed by atoms with Gasteiger partial charge in [-0.3, -0.25) is 4.90 Å². The maximum atomic E-state index is 10.6. The highest BCUT2D eigenvalue weighted by Gasteiger charge is 2.38. The molecule has 27 heavy (non-hydrogen) atoms. The normalized spacial score (nSPS) is 14.7. The summed E-state index contributed by atoms with van der Waals surface area (Å²) in [6.07, 6.45) is -0.205. The van der Waals surface area contributed by atoms with Crippen LogP contribution < -0.4 is 0 Å². The number of aromatic nitrogens is 2. The number of nitrogens with zero attached hydrogens (tertiary/aromatic N) is 3. The van der Waals surface area contributed by atoms with Gasteiger partial charge in [0.05, 0.1) is 0 Å². The van der Waals surface area contributed by atoms with E-state index < -0.39 is 12.1 Å². The number of hydrogen-bond acceptors (Lipinski definition) is 5. The lowest BCUT2D eigenvalue weighted by Gasteiger charge is -2.18. The number of carbonyl (C=O) groups is 1. The van der Waals surface area contributed by atoms with Gasteiger partial charge in [-0.2, -0.15) is 13.2 Å². The van der Waals surface area contributed by atoms with Gasteiger partial charge in [-0.1, -0.05) is 6.92 Å². The second-order valence-electron chi connectivity index (χ2n) is 6.19. The second kappa shape index (κ2) is 9.27. The minimum atomic E-state index is -5.08. The minimum Gasteiger partial charge on any atom is -0.475 e. The molecule has 0 aliphatic carbocycles. The summed E-state index contributed by atoms with van der Waals surface area (Å²) in [5.74, 6) is -2.76. The van der Waals surface area contributed by atoms with E-state index in [9.17, 15) is 13.2 Å². The van der Waals surface area contributed by atoms with Crippen LogP contribution in [0.1, 0.15) is 33.6 Å². The Morgan fingerprint density at radius 3 is 2.48 bits per heavy atom. The Kier molecular flexibility index (Phi) is 7.32. The summed E-state index contributed by atoms with van der Waals surface area (Å²) >= 11 is 1.91. The Morgan fingerprint density at radius 2 is 1.93 bits per heavy atom. The molecule has 3 heterocycles. The van der Waals surface area contributed by atoms with E-state index in [1.165, 1.54) is 26.7 Å². The fourth-order valence-electron chi connectivity index (χ4n) is 2.89. The molecule has 2 aromatic rings. The quantitative estimate of drug-likeness (QED) is 0.851. The first kappa shape index (κ1) is 21.3. The van der Waals surface area contributed by atoms with E-state index in [0.717, 1.165) is 38.9 Å². The topological polar surface area (TPSA) is 66.3 Å². The van der Waals surface area contributed by atoms with Crippen LogP contribution >= 0.6 is 11.3 Å². The van der Waals surface area contributed by atoms with Gasteiger partial charge in [0.15, 0.2) is 0 Å². The summed E-state index contributed by atoms with van der Waals surface area (Å²) in [4.78, 5) is 23.2. The van der Waals surface area contributed by atoms with E-state index in [1.807, 2.05) is 11.3 Å². The Hall–Kier alpha value is -2.00. The number of halogens is 3. The van der Waals surface area contributed by atoms with Crippen molar-refractivity contribution in [2.75, 3.05) is 13.1 Å². The lowest BCUT2D eigenvalue weighted by Crippen LogP contribution is -2.25.